The molecule has 2 aromatic carbocycles. The lowest BCUT2D eigenvalue weighted by molar-refractivity contribution is -0.189. The Bertz CT molecular complexity index is 1080. The number of benzene rings is 2. The molecule has 3 aromatic rings. The summed E-state index contributed by atoms with van der Waals surface area (Å²) in [6.07, 6.45) is -4.91. The van der Waals surface area contributed by atoms with Crippen LogP contribution in [0.5, 0.6) is 5.75 Å². The van der Waals surface area contributed by atoms with E-state index in [1.165, 1.54) is 19.2 Å². The predicted octanol–water partition coefficient (Wildman–Crippen LogP) is 5.01. The Kier molecular flexibility index (Phi) is 5.33. The van der Waals surface area contributed by atoms with E-state index >= 15 is 0 Å². The number of ether oxygens (including phenoxy) is 1. The van der Waals surface area contributed by atoms with Crippen LogP contribution in [0.4, 0.5) is 13.2 Å². The SMILES string of the molecule is COc1ccc(C(C)C)cc1C(CO)(c1[nH]c2ccccc2c1C#N)C(F)(F)F. The molecular weight excluding hydrogens is 381 g/mol. The van der Waals surface area contributed by atoms with Gasteiger partial charge in [-0.2, -0.15) is 18.4 Å². The monoisotopic (exact) mass is 402 g/mol. The second-order valence-electron chi connectivity index (χ2n) is 7.21. The second kappa shape index (κ2) is 7.45. The smallest absolute Gasteiger partial charge is 0.406 e. The third-order valence-electron chi connectivity index (χ3n) is 5.32. The van der Waals surface area contributed by atoms with E-state index in [9.17, 15) is 23.5 Å². The maximum atomic E-state index is 14.7. The number of alkyl halides is 3. The summed E-state index contributed by atoms with van der Waals surface area (Å²) in [5, 5.41) is 20.3. The van der Waals surface area contributed by atoms with E-state index in [4.69, 9.17) is 4.74 Å². The standard InChI is InChI=1S/C22H21F3N2O2/c1-13(2)14-8-9-19(29-3)17(10-14)21(12-28,22(23,24)25)20-16(11-26)15-6-4-5-7-18(15)27-20/h4-10,13,27-28H,12H2,1-3H3. The van der Waals surface area contributed by atoms with Crippen molar-refractivity contribution >= 4 is 10.9 Å². The third kappa shape index (κ3) is 3.14. The Hall–Kier alpha value is -2.98. The van der Waals surface area contributed by atoms with Gasteiger partial charge in [-0.15, -0.1) is 0 Å². The largest absolute Gasteiger partial charge is 0.496 e. The molecule has 1 heterocycles. The minimum Gasteiger partial charge on any atom is -0.496 e. The van der Waals surface area contributed by atoms with Crippen LogP contribution in [-0.2, 0) is 5.41 Å². The number of aliphatic hydroxyl groups is 1. The number of hydrogen-bond donors (Lipinski definition) is 2. The average molecular weight is 402 g/mol. The van der Waals surface area contributed by atoms with Crippen molar-refractivity contribution in [3.8, 4) is 11.8 Å². The zero-order valence-corrected chi connectivity index (χ0v) is 16.3. The molecule has 0 amide bonds. The molecule has 0 fully saturated rings. The molecular formula is C22H21F3N2O2. The van der Waals surface area contributed by atoms with Crippen molar-refractivity contribution in [2.75, 3.05) is 13.7 Å². The maximum Gasteiger partial charge on any atom is 0.406 e. The Labute approximate surface area is 166 Å². The number of halogens is 3. The molecule has 0 aliphatic heterocycles. The summed E-state index contributed by atoms with van der Waals surface area (Å²) in [7, 11) is 1.28. The molecule has 0 saturated heterocycles. The number of aromatic amines is 1. The minimum absolute atomic E-state index is 0.0108. The van der Waals surface area contributed by atoms with Crippen molar-refractivity contribution in [2.24, 2.45) is 0 Å². The number of fused-ring (bicyclic) bond motifs is 1. The summed E-state index contributed by atoms with van der Waals surface area (Å²) >= 11 is 0. The minimum atomic E-state index is -4.91. The van der Waals surface area contributed by atoms with Crippen LogP contribution >= 0.6 is 0 Å². The highest BCUT2D eigenvalue weighted by molar-refractivity contribution is 5.88. The fourth-order valence-electron chi connectivity index (χ4n) is 3.68. The van der Waals surface area contributed by atoms with Gasteiger partial charge in [0.15, 0.2) is 5.41 Å². The van der Waals surface area contributed by atoms with E-state index in [0.717, 1.165) is 0 Å². The van der Waals surface area contributed by atoms with Gasteiger partial charge in [-0.1, -0.05) is 44.2 Å². The summed E-state index contributed by atoms with van der Waals surface area (Å²) < 4.78 is 49.3. The quantitative estimate of drug-likeness (QED) is 0.630. The van der Waals surface area contributed by atoms with Gasteiger partial charge in [-0.05, 0) is 23.6 Å². The van der Waals surface area contributed by atoms with Crippen molar-refractivity contribution in [1.82, 2.24) is 4.98 Å². The molecule has 152 valence electrons. The van der Waals surface area contributed by atoms with Crippen LogP contribution in [0.2, 0.25) is 0 Å². The highest BCUT2D eigenvalue weighted by Crippen LogP contribution is 2.51. The second-order valence-corrected chi connectivity index (χ2v) is 7.21. The molecule has 0 radical (unpaired) electrons. The van der Waals surface area contributed by atoms with Crippen molar-refractivity contribution in [1.29, 1.82) is 5.26 Å². The number of methoxy groups -OCH3 is 1. The topological polar surface area (TPSA) is 69.0 Å². The third-order valence-corrected chi connectivity index (χ3v) is 5.32. The summed E-state index contributed by atoms with van der Waals surface area (Å²) in [4.78, 5) is 2.75. The fourth-order valence-corrected chi connectivity index (χ4v) is 3.68. The molecule has 3 rings (SSSR count). The summed E-state index contributed by atoms with van der Waals surface area (Å²) in [6, 6.07) is 12.9. The van der Waals surface area contributed by atoms with Crippen LogP contribution in [0.25, 0.3) is 10.9 Å². The van der Waals surface area contributed by atoms with E-state index in [1.807, 2.05) is 19.9 Å². The molecule has 0 aliphatic carbocycles. The van der Waals surface area contributed by atoms with Crippen molar-refractivity contribution in [3.05, 3.63) is 64.8 Å². The van der Waals surface area contributed by atoms with Crippen LogP contribution in [0.1, 0.15) is 42.1 Å². The van der Waals surface area contributed by atoms with Gasteiger partial charge in [0.1, 0.15) is 11.8 Å². The van der Waals surface area contributed by atoms with Crippen molar-refractivity contribution < 1.29 is 23.0 Å². The lowest BCUT2D eigenvalue weighted by Gasteiger charge is -2.35. The van der Waals surface area contributed by atoms with Crippen LogP contribution in [0.15, 0.2) is 42.5 Å². The molecule has 1 atom stereocenters. The van der Waals surface area contributed by atoms with Gasteiger partial charge in [-0.3, -0.25) is 0 Å². The lowest BCUT2D eigenvalue weighted by Crippen LogP contribution is -2.47. The molecule has 0 saturated carbocycles. The van der Waals surface area contributed by atoms with Crippen molar-refractivity contribution in [3.63, 3.8) is 0 Å². The fraction of sp³-hybridized carbons (Fsp3) is 0.318. The predicted molar refractivity (Wildman–Crippen MR) is 104 cm³/mol. The summed E-state index contributed by atoms with van der Waals surface area (Å²) in [5.74, 6) is -0.0502. The van der Waals surface area contributed by atoms with Gasteiger partial charge < -0.3 is 14.8 Å². The maximum absolute atomic E-state index is 14.7. The molecule has 1 unspecified atom stereocenters. The highest BCUT2D eigenvalue weighted by Gasteiger charge is 2.60. The Morgan fingerprint density at radius 2 is 1.86 bits per heavy atom. The number of aromatic nitrogens is 1. The van der Waals surface area contributed by atoms with Gasteiger partial charge in [0, 0.05) is 16.5 Å². The van der Waals surface area contributed by atoms with E-state index in [1.54, 1.807) is 30.3 Å². The number of para-hydroxylation sites is 1. The number of nitrogens with zero attached hydrogens (tertiary/aromatic N) is 1. The number of aliphatic hydroxyl groups excluding tert-OH is 1. The molecule has 2 N–H and O–H groups in total. The Balaban J connectivity index is 2.48. The van der Waals surface area contributed by atoms with Crippen LogP contribution in [0.3, 0.4) is 0 Å². The zero-order valence-electron chi connectivity index (χ0n) is 16.3. The van der Waals surface area contributed by atoms with Crippen LogP contribution in [-0.4, -0.2) is 30.0 Å². The zero-order chi connectivity index (χ0) is 21.4. The first-order valence-electron chi connectivity index (χ1n) is 9.08. The number of rotatable bonds is 5. The molecule has 0 bridgehead atoms. The van der Waals surface area contributed by atoms with Gasteiger partial charge in [0.25, 0.3) is 0 Å². The first kappa shape index (κ1) is 20.7. The van der Waals surface area contributed by atoms with Gasteiger partial charge in [0.05, 0.1) is 25.0 Å². The molecule has 7 heteroatoms. The lowest BCUT2D eigenvalue weighted by atomic mass is 9.74. The van der Waals surface area contributed by atoms with Crippen LogP contribution in [0, 0.1) is 11.3 Å². The van der Waals surface area contributed by atoms with Gasteiger partial charge in [-0.25, -0.2) is 0 Å². The van der Waals surface area contributed by atoms with E-state index < -0.39 is 23.9 Å². The van der Waals surface area contributed by atoms with Gasteiger partial charge >= 0.3 is 6.18 Å². The van der Waals surface area contributed by atoms with Crippen molar-refractivity contribution in [2.45, 2.75) is 31.4 Å². The number of nitriles is 1. The molecule has 29 heavy (non-hydrogen) atoms. The summed E-state index contributed by atoms with van der Waals surface area (Å²) in [5.41, 5.74) is -2.57. The molecule has 4 nitrogen and oxygen atoms in total. The van der Waals surface area contributed by atoms with E-state index in [0.29, 0.717) is 16.5 Å². The average Bonchev–Trinajstić information content (AvgIpc) is 3.06. The normalized spacial score (nSPS) is 14.0. The highest BCUT2D eigenvalue weighted by atomic mass is 19.4. The van der Waals surface area contributed by atoms with E-state index in [-0.39, 0.29) is 22.8 Å². The molecule has 0 spiro atoms. The Morgan fingerprint density at radius 3 is 2.41 bits per heavy atom. The number of nitrogens with one attached hydrogen (secondary N) is 1. The first-order chi connectivity index (χ1) is 13.7. The van der Waals surface area contributed by atoms with Gasteiger partial charge in [0.2, 0.25) is 0 Å². The number of hydrogen-bond acceptors (Lipinski definition) is 3. The van der Waals surface area contributed by atoms with Crippen LogP contribution < -0.4 is 4.74 Å². The molecule has 0 aliphatic rings. The summed E-state index contributed by atoms with van der Waals surface area (Å²) in [6.45, 7) is 2.45. The molecule has 1 aromatic heterocycles. The first-order valence-corrected chi connectivity index (χ1v) is 9.08. The number of H-pyrrole nitrogens is 1. The van der Waals surface area contributed by atoms with E-state index in [2.05, 4.69) is 4.98 Å². The Morgan fingerprint density at radius 1 is 1.17 bits per heavy atom.